The minimum absolute atomic E-state index is 0.273. The number of hydrogen-bond donors (Lipinski definition) is 1. The molecule has 0 fully saturated rings. The van der Waals surface area contributed by atoms with Crippen LogP contribution in [0.2, 0.25) is 5.02 Å². The Kier molecular flexibility index (Phi) is 2.94. The van der Waals surface area contributed by atoms with Crippen LogP contribution < -0.4 is 0 Å². The Morgan fingerprint density at radius 2 is 2.00 bits per heavy atom. The quantitative estimate of drug-likeness (QED) is 0.887. The van der Waals surface area contributed by atoms with E-state index in [4.69, 9.17) is 16.7 Å². The summed E-state index contributed by atoms with van der Waals surface area (Å²) in [4.78, 5) is 11.0. The predicted molar refractivity (Wildman–Crippen MR) is 67.6 cm³/mol. The highest BCUT2D eigenvalue weighted by molar-refractivity contribution is 6.30. The molecule has 0 unspecified atom stereocenters. The summed E-state index contributed by atoms with van der Waals surface area (Å²) in [7, 11) is 1.74. The maximum absolute atomic E-state index is 11.0. The normalized spacial score (nSPS) is 10.5. The number of aromatic carboxylic acids is 1. The number of carbonyl (C=O) groups is 1. The van der Waals surface area contributed by atoms with E-state index in [2.05, 4.69) is 0 Å². The van der Waals surface area contributed by atoms with Crippen molar-refractivity contribution in [2.24, 2.45) is 7.05 Å². The lowest BCUT2D eigenvalue weighted by Crippen LogP contribution is -2.05. The second-order valence-electron chi connectivity index (χ2n) is 3.93. The Morgan fingerprint density at radius 1 is 1.29 bits per heavy atom. The van der Waals surface area contributed by atoms with Crippen LogP contribution in [0.1, 0.15) is 16.1 Å². The molecular formula is C13H12ClNO2. The Hall–Kier alpha value is -1.74. The molecule has 88 valence electrons. The van der Waals surface area contributed by atoms with Gasteiger partial charge in [0.2, 0.25) is 0 Å². The number of halogens is 1. The van der Waals surface area contributed by atoms with Gasteiger partial charge in [0.1, 0.15) is 5.69 Å². The first-order valence-electron chi connectivity index (χ1n) is 5.16. The number of benzene rings is 1. The molecule has 3 nitrogen and oxygen atoms in total. The fourth-order valence-electron chi connectivity index (χ4n) is 1.91. The molecule has 2 aromatic rings. The maximum Gasteiger partial charge on any atom is 0.352 e. The monoisotopic (exact) mass is 249 g/mol. The van der Waals surface area contributed by atoms with E-state index in [0.29, 0.717) is 5.02 Å². The zero-order valence-electron chi connectivity index (χ0n) is 9.57. The largest absolute Gasteiger partial charge is 0.477 e. The average molecular weight is 250 g/mol. The van der Waals surface area contributed by atoms with Gasteiger partial charge in [-0.15, -0.1) is 0 Å². The van der Waals surface area contributed by atoms with Crippen LogP contribution in [0.5, 0.6) is 0 Å². The van der Waals surface area contributed by atoms with Crippen molar-refractivity contribution < 1.29 is 9.90 Å². The van der Waals surface area contributed by atoms with E-state index < -0.39 is 5.97 Å². The van der Waals surface area contributed by atoms with Crippen LogP contribution in [-0.2, 0) is 7.05 Å². The molecule has 0 saturated heterocycles. The fourth-order valence-corrected chi connectivity index (χ4v) is 2.14. The fraction of sp³-hybridized carbons (Fsp3) is 0.154. The van der Waals surface area contributed by atoms with Crippen molar-refractivity contribution >= 4 is 17.6 Å². The first kappa shape index (κ1) is 11.7. The number of carboxylic acid groups (broad SMARTS) is 1. The molecule has 0 saturated carbocycles. The van der Waals surface area contributed by atoms with Crippen LogP contribution in [0.4, 0.5) is 0 Å². The summed E-state index contributed by atoms with van der Waals surface area (Å²) in [5.74, 6) is -0.926. The summed E-state index contributed by atoms with van der Waals surface area (Å²) in [5, 5.41) is 9.68. The Balaban J connectivity index is 2.57. The van der Waals surface area contributed by atoms with Gasteiger partial charge in [-0.1, -0.05) is 17.7 Å². The van der Waals surface area contributed by atoms with E-state index in [-0.39, 0.29) is 5.69 Å². The van der Waals surface area contributed by atoms with Gasteiger partial charge in [-0.2, -0.15) is 0 Å². The van der Waals surface area contributed by atoms with Gasteiger partial charge >= 0.3 is 5.97 Å². The van der Waals surface area contributed by atoms with Crippen molar-refractivity contribution in [1.82, 2.24) is 4.57 Å². The zero-order valence-corrected chi connectivity index (χ0v) is 10.3. The molecular weight excluding hydrogens is 238 g/mol. The summed E-state index contributed by atoms with van der Waals surface area (Å²) in [5.41, 5.74) is 3.16. The maximum atomic E-state index is 11.0. The molecule has 0 aliphatic rings. The second kappa shape index (κ2) is 4.26. The molecule has 0 aliphatic heterocycles. The third-order valence-corrected chi connectivity index (χ3v) is 3.04. The number of hydrogen-bond acceptors (Lipinski definition) is 1. The van der Waals surface area contributed by atoms with Crippen molar-refractivity contribution in [3.63, 3.8) is 0 Å². The van der Waals surface area contributed by atoms with Gasteiger partial charge in [-0.3, -0.25) is 0 Å². The van der Waals surface area contributed by atoms with E-state index in [9.17, 15) is 4.79 Å². The number of rotatable bonds is 2. The molecule has 1 heterocycles. The smallest absolute Gasteiger partial charge is 0.352 e. The molecule has 0 bridgehead atoms. The lowest BCUT2D eigenvalue weighted by atomic mass is 10.1. The number of aromatic nitrogens is 1. The van der Waals surface area contributed by atoms with E-state index >= 15 is 0 Å². The van der Waals surface area contributed by atoms with E-state index in [0.717, 1.165) is 16.8 Å². The topological polar surface area (TPSA) is 42.2 Å². The summed E-state index contributed by atoms with van der Waals surface area (Å²) in [6.45, 7) is 1.95. The average Bonchev–Trinajstić information content (AvgIpc) is 2.60. The van der Waals surface area contributed by atoms with Gasteiger partial charge in [0.15, 0.2) is 0 Å². The number of nitrogens with zero attached hydrogens (tertiary/aromatic N) is 1. The molecule has 4 heteroatoms. The van der Waals surface area contributed by atoms with Crippen molar-refractivity contribution in [2.75, 3.05) is 0 Å². The third-order valence-electron chi connectivity index (χ3n) is 2.81. The first-order chi connectivity index (χ1) is 8.00. The minimum atomic E-state index is -0.926. The molecule has 17 heavy (non-hydrogen) atoms. The van der Waals surface area contributed by atoms with E-state index in [1.807, 2.05) is 19.1 Å². The Bertz CT molecular complexity index is 587. The molecule has 1 aromatic carbocycles. The van der Waals surface area contributed by atoms with Gasteiger partial charge in [0.25, 0.3) is 0 Å². The predicted octanol–water partition coefficient (Wildman–Crippen LogP) is 3.35. The molecule has 1 aromatic heterocycles. The summed E-state index contributed by atoms with van der Waals surface area (Å²) in [6, 6.07) is 8.98. The lowest BCUT2D eigenvalue weighted by Gasteiger charge is -2.08. The van der Waals surface area contributed by atoms with Crippen molar-refractivity contribution in [2.45, 2.75) is 6.92 Å². The van der Waals surface area contributed by atoms with E-state index in [1.165, 1.54) is 0 Å². The van der Waals surface area contributed by atoms with Crippen molar-refractivity contribution in [3.05, 3.63) is 46.6 Å². The van der Waals surface area contributed by atoms with Crippen LogP contribution in [0.25, 0.3) is 11.3 Å². The van der Waals surface area contributed by atoms with Crippen LogP contribution in [-0.4, -0.2) is 15.6 Å². The van der Waals surface area contributed by atoms with E-state index in [1.54, 1.807) is 29.8 Å². The van der Waals surface area contributed by atoms with Gasteiger partial charge in [0.05, 0.1) is 0 Å². The Labute approximate surface area is 104 Å². The summed E-state index contributed by atoms with van der Waals surface area (Å²) >= 11 is 5.90. The molecule has 0 spiro atoms. The van der Waals surface area contributed by atoms with Gasteiger partial charge in [-0.05, 0) is 36.8 Å². The molecule has 1 N–H and O–H groups in total. The van der Waals surface area contributed by atoms with Crippen LogP contribution in [0, 0.1) is 6.92 Å². The standard InChI is InChI=1S/C13H12ClNO2/c1-8-7-9(14)3-4-10(8)11-5-6-12(13(16)17)15(11)2/h3-7H,1-2H3,(H,16,17). The molecule has 2 rings (SSSR count). The molecule has 0 radical (unpaired) electrons. The lowest BCUT2D eigenvalue weighted by molar-refractivity contribution is 0.0687. The molecule has 0 aliphatic carbocycles. The number of carboxylic acids is 1. The van der Waals surface area contributed by atoms with Crippen LogP contribution in [0.3, 0.4) is 0 Å². The zero-order chi connectivity index (χ0) is 12.6. The highest BCUT2D eigenvalue weighted by Gasteiger charge is 2.13. The molecule has 0 atom stereocenters. The Morgan fingerprint density at radius 3 is 2.53 bits per heavy atom. The third kappa shape index (κ3) is 2.06. The van der Waals surface area contributed by atoms with Crippen molar-refractivity contribution in [3.8, 4) is 11.3 Å². The molecule has 0 amide bonds. The van der Waals surface area contributed by atoms with Gasteiger partial charge in [0, 0.05) is 23.3 Å². The first-order valence-corrected chi connectivity index (χ1v) is 5.54. The SMILES string of the molecule is Cc1cc(Cl)ccc1-c1ccc(C(=O)O)n1C. The van der Waals surface area contributed by atoms with Crippen molar-refractivity contribution in [1.29, 1.82) is 0 Å². The van der Waals surface area contributed by atoms with Crippen LogP contribution in [0.15, 0.2) is 30.3 Å². The van der Waals surface area contributed by atoms with Crippen LogP contribution >= 0.6 is 11.6 Å². The summed E-state index contributed by atoms with van der Waals surface area (Å²) < 4.78 is 1.67. The van der Waals surface area contributed by atoms with Gasteiger partial charge in [-0.25, -0.2) is 4.79 Å². The highest BCUT2D eigenvalue weighted by Crippen LogP contribution is 2.27. The van der Waals surface area contributed by atoms with Gasteiger partial charge < -0.3 is 9.67 Å². The summed E-state index contributed by atoms with van der Waals surface area (Å²) in [6.07, 6.45) is 0. The highest BCUT2D eigenvalue weighted by atomic mass is 35.5. The number of aryl methyl sites for hydroxylation is 1. The second-order valence-corrected chi connectivity index (χ2v) is 4.36. The minimum Gasteiger partial charge on any atom is -0.477 e.